The second-order valence-corrected chi connectivity index (χ2v) is 5.74. The molecule has 0 spiro atoms. The first-order valence-corrected chi connectivity index (χ1v) is 8.16. The normalized spacial score (nSPS) is 11.8. The van der Waals surface area contributed by atoms with E-state index in [-0.39, 0.29) is 5.56 Å². The number of benzene rings is 1. The lowest BCUT2D eigenvalue weighted by Gasteiger charge is -2.26. The van der Waals surface area contributed by atoms with Gasteiger partial charge in [0.05, 0.1) is 0 Å². The first-order valence-electron chi connectivity index (χ1n) is 8.16. The lowest BCUT2D eigenvalue weighted by molar-refractivity contribution is -0.133. The monoisotopic (exact) mass is 344 g/mol. The molecule has 0 fully saturated rings. The standard InChI is InChI=1S/C19H21FN2O3/c1-4-21(5-2)19(25)17(22-12-13(3)6-11-16(22)23)18(24)14-7-9-15(20)10-8-14/h6-12,17H,4-5H2,1-3H3. The molecule has 1 unspecified atom stereocenters. The molecule has 2 aromatic rings. The number of hydrogen-bond donors (Lipinski definition) is 0. The summed E-state index contributed by atoms with van der Waals surface area (Å²) in [4.78, 5) is 39.7. The molecule has 0 N–H and O–H groups in total. The molecule has 25 heavy (non-hydrogen) atoms. The number of hydrogen-bond acceptors (Lipinski definition) is 3. The number of carbonyl (C=O) groups is 2. The summed E-state index contributed by atoms with van der Waals surface area (Å²) in [5.74, 6) is -1.47. The van der Waals surface area contributed by atoms with E-state index in [9.17, 15) is 18.8 Å². The van der Waals surface area contributed by atoms with Gasteiger partial charge in [0.2, 0.25) is 0 Å². The molecule has 0 aliphatic heterocycles. The van der Waals surface area contributed by atoms with E-state index in [1.54, 1.807) is 26.8 Å². The quantitative estimate of drug-likeness (QED) is 0.598. The predicted molar refractivity (Wildman–Crippen MR) is 93.1 cm³/mol. The molecule has 1 aromatic carbocycles. The number of aryl methyl sites for hydroxylation is 1. The summed E-state index contributed by atoms with van der Waals surface area (Å²) in [7, 11) is 0. The van der Waals surface area contributed by atoms with E-state index in [0.717, 1.165) is 22.3 Å². The molecule has 1 atom stereocenters. The van der Waals surface area contributed by atoms with Crippen LogP contribution < -0.4 is 5.56 Å². The Labute approximate surface area is 145 Å². The second-order valence-electron chi connectivity index (χ2n) is 5.74. The van der Waals surface area contributed by atoms with Gasteiger partial charge in [0.15, 0.2) is 11.8 Å². The molecule has 5 nitrogen and oxygen atoms in total. The van der Waals surface area contributed by atoms with Crippen molar-refractivity contribution >= 4 is 11.7 Å². The number of nitrogens with zero attached hydrogens (tertiary/aromatic N) is 2. The van der Waals surface area contributed by atoms with Crippen LogP contribution in [0.1, 0.15) is 35.8 Å². The highest BCUT2D eigenvalue weighted by atomic mass is 19.1. The summed E-state index contributed by atoms with van der Waals surface area (Å²) < 4.78 is 14.3. The van der Waals surface area contributed by atoms with Crippen molar-refractivity contribution in [3.05, 3.63) is 69.9 Å². The van der Waals surface area contributed by atoms with Gasteiger partial charge >= 0.3 is 0 Å². The Balaban J connectivity index is 2.57. The van der Waals surface area contributed by atoms with Crippen LogP contribution in [-0.2, 0) is 4.79 Å². The van der Waals surface area contributed by atoms with Gasteiger partial charge in [-0.1, -0.05) is 6.07 Å². The Hall–Kier alpha value is -2.76. The van der Waals surface area contributed by atoms with Gasteiger partial charge in [-0.15, -0.1) is 0 Å². The van der Waals surface area contributed by atoms with Gasteiger partial charge in [-0.3, -0.25) is 19.0 Å². The molecule has 0 radical (unpaired) electrons. The number of aromatic nitrogens is 1. The molecule has 0 saturated heterocycles. The summed E-state index contributed by atoms with van der Waals surface area (Å²) in [5, 5.41) is 0. The van der Waals surface area contributed by atoms with Crippen LogP contribution >= 0.6 is 0 Å². The largest absolute Gasteiger partial charge is 0.341 e. The number of carbonyl (C=O) groups excluding carboxylic acids is 2. The maximum absolute atomic E-state index is 13.1. The van der Waals surface area contributed by atoms with Gasteiger partial charge in [0, 0.05) is 30.9 Å². The molecule has 2 rings (SSSR count). The van der Waals surface area contributed by atoms with Crippen LogP contribution in [0.15, 0.2) is 47.4 Å². The van der Waals surface area contributed by atoms with E-state index in [1.165, 1.54) is 29.3 Å². The third-order valence-electron chi connectivity index (χ3n) is 4.05. The maximum Gasteiger partial charge on any atom is 0.253 e. The van der Waals surface area contributed by atoms with Crippen LogP contribution in [0.2, 0.25) is 0 Å². The fourth-order valence-electron chi connectivity index (χ4n) is 2.65. The minimum atomic E-state index is -1.31. The van der Waals surface area contributed by atoms with E-state index in [1.807, 2.05) is 0 Å². The Morgan fingerprint density at radius 3 is 2.24 bits per heavy atom. The average Bonchev–Trinajstić information content (AvgIpc) is 2.60. The van der Waals surface area contributed by atoms with Crippen molar-refractivity contribution < 1.29 is 14.0 Å². The van der Waals surface area contributed by atoms with E-state index in [2.05, 4.69) is 0 Å². The molecule has 1 heterocycles. The SMILES string of the molecule is CCN(CC)C(=O)C(C(=O)c1ccc(F)cc1)n1cc(C)ccc1=O. The minimum absolute atomic E-state index is 0.181. The number of likely N-dealkylation sites (N-methyl/N-ethyl adjacent to an activating group) is 1. The van der Waals surface area contributed by atoms with Gasteiger partial charge in [0.25, 0.3) is 11.5 Å². The molecule has 0 aliphatic rings. The highest BCUT2D eigenvalue weighted by Gasteiger charge is 2.32. The zero-order chi connectivity index (χ0) is 18.6. The maximum atomic E-state index is 13.1. The number of Topliss-reactive ketones (excluding diaryl/α,β-unsaturated/α-hetero) is 1. The van der Waals surface area contributed by atoms with Gasteiger partial charge in [-0.2, -0.15) is 0 Å². The lowest BCUT2D eigenvalue weighted by atomic mass is 10.0. The first kappa shape index (κ1) is 18.6. The van der Waals surface area contributed by atoms with Crippen LogP contribution in [0.4, 0.5) is 4.39 Å². The Morgan fingerprint density at radius 2 is 1.68 bits per heavy atom. The van der Waals surface area contributed by atoms with Crippen molar-refractivity contribution in [2.75, 3.05) is 13.1 Å². The van der Waals surface area contributed by atoms with Crippen molar-refractivity contribution in [3.8, 4) is 0 Å². The summed E-state index contributed by atoms with van der Waals surface area (Å²) in [5.41, 5.74) is 0.496. The Kier molecular flexibility index (Phi) is 5.85. The van der Waals surface area contributed by atoms with Crippen LogP contribution in [0, 0.1) is 12.7 Å². The number of ketones is 1. The van der Waals surface area contributed by atoms with Crippen molar-refractivity contribution in [2.45, 2.75) is 26.8 Å². The van der Waals surface area contributed by atoms with Crippen molar-refractivity contribution in [1.82, 2.24) is 9.47 Å². The van der Waals surface area contributed by atoms with Gasteiger partial charge < -0.3 is 4.90 Å². The van der Waals surface area contributed by atoms with E-state index < -0.39 is 29.1 Å². The lowest BCUT2D eigenvalue weighted by Crippen LogP contribution is -2.43. The van der Waals surface area contributed by atoms with Crippen LogP contribution in [-0.4, -0.2) is 34.2 Å². The van der Waals surface area contributed by atoms with Crippen molar-refractivity contribution in [3.63, 3.8) is 0 Å². The number of amides is 1. The minimum Gasteiger partial charge on any atom is -0.341 e. The molecule has 1 aromatic heterocycles. The zero-order valence-corrected chi connectivity index (χ0v) is 14.5. The zero-order valence-electron chi connectivity index (χ0n) is 14.5. The smallest absolute Gasteiger partial charge is 0.253 e. The van der Waals surface area contributed by atoms with E-state index in [4.69, 9.17) is 0 Å². The third kappa shape index (κ3) is 4.02. The number of pyridine rings is 1. The summed E-state index contributed by atoms with van der Waals surface area (Å²) >= 11 is 0. The highest BCUT2D eigenvalue weighted by molar-refractivity contribution is 6.11. The van der Waals surface area contributed by atoms with Gasteiger partial charge in [0.1, 0.15) is 5.82 Å². The fourth-order valence-corrected chi connectivity index (χ4v) is 2.65. The Morgan fingerprint density at radius 1 is 1.08 bits per heavy atom. The fraction of sp³-hybridized carbons (Fsp3) is 0.316. The van der Waals surface area contributed by atoms with Crippen LogP contribution in [0.25, 0.3) is 0 Å². The van der Waals surface area contributed by atoms with Crippen LogP contribution in [0.5, 0.6) is 0 Å². The molecular formula is C19H21FN2O3. The number of halogens is 1. The average molecular weight is 344 g/mol. The predicted octanol–water partition coefficient (Wildman–Crippen LogP) is 2.59. The molecule has 0 aliphatic carbocycles. The summed E-state index contributed by atoms with van der Waals surface area (Å²) in [6.07, 6.45) is 1.50. The van der Waals surface area contributed by atoms with Gasteiger partial charge in [-0.05, 0) is 50.6 Å². The molecule has 1 amide bonds. The topological polar surface area (TPSA) is 59.4 Å². The molecule has 132 valence electrons. The molecule has 0 bridgehead atoms. The molecule has 6 heteroatoms. The number of rotatable bonds is 6. The summed E-state index contributed by atoms with van der Waals surface area (Å²) in [6.45, 7) is 6.23. The van der Waals surface area contributed by atoms with E-state index >= 15 is 0 Å². The molecular weight excluding hydrogens is 323 g/mol. The third-order valence-corrected chi connectivity index (χ3v) is 4.05. The molecule has 0 saturated carbocycles. The van der Waals surface area contributed by atoms with Crippen LogP contribution in [0.3, 0.4) is 0 Å². The second kappa shape index (κ2) is 7.88. The Bertz CT molecular complexity index is 823. The van der Waals surface area contributed by atoms with Crippen molar-refractivity contribution in [1.29, 1.82) is 0 Å². The van der Waals surface area contributed by atoms with Gasteiger partial charge in [-0.25, -0.2) is 4.39 Å². The summed E-state index contributed by atoms with van der Waals surface area (Å²) in [6, 6.07) is 6.60. The first-order chi connectivity index (χ1) is 11.9. The van der Waals surface area contributed by atoms with E-state index in [0.29, 0.717) is 13.1 Å². The highest BCUT2D eigenvalue weighted by Crippen LogP contribution is 2.17. The van der Waals surface area contributed by atoms with Crippen molar-refractivity contribution in [2.24, 2.45) is 0 Å².